The van der Waals surface area contributed by atoms with Crippen molar-refractivity contribution in [1.29, 1.82) is 0 Å². The second-order valence-electron chi connectivity index (χ2n) is 9.36. The molecule has 1 heterocycles. The summed E-state index contributed by atoms with van der Waals surface area (Å²) >= 11 is 0. The summed E-state index contributed by atoms with van der Waals surface area (Å²) in [6.07, 6.45) is 2.10. The highest BCUT2D eigenvalue weighted by atomic mass is 16.5. The topological polar surface area (TPSA) is 91.4 Å². The fraction of sp³-hybridized carbons (Fsp3) is 0.367. The van der Waals surface area contributed by atoms with Crippen LogP contribution in [0, 0.1) is 0 Å². The van der Waals surface area contributed by atoms with Gasteiger partial charge in [-0.2, -0.15) is 0 Å². The fourth-order valence-electron chi connectivity index (χ4n) is 4.94. The number of rotatable bonds is 9. The summed E-state index contributed by atoms with van der Waals surface area (Å²) in [5, 5.41) is 0. The van der Waals surface area contributed by atoms with E-state index in [0.29, 0.717) is 55.0 Å². The van der Waals surface area contributed by atoms with Crippen LogP contribution in [0.1, 0.15) is 35.6 Å². The van der Waals surface area contributed by atoms with Crippen LogP contribution in [0.25, 0.3) is 0 Å². The minimum Gasteiger partial charge on any atom is -0.493 e. The quantitative estimate of drug-likeness (QED) is 0.466. The number of hydrogen-bond acceptors (Lipinski definition) is 7. The summed E-state index contributed by atoms with van der Waals surface area (Å²) in [6.45, 7) is 2.86. The van der Waals surface area contributed by atoms with Crippen molar-refractivity contribution >= 4 is 17.5 Å². The molecule has 0 saturated carbocycles. The lowest BCUT2D eigenvalue weighted by molar-refractivity contribution is -0.132. The molecule has 0 radical (unpaired) electrons. The lowest BCUT2D eigenvalue weighted by Crippen LogP contribution is -2.36. The first kappa shape index (κ1) is 27.0. The molecule has 2 aromatic rings. The lowest BCUT2D eigenvalue weighted by atomic mass is 9.88. The normalized spacial score (nSPS) is 15.4. The van der Waals surface area contributed by atoms with Crippen LogP contribution in [0.15, 0.2) is 59.1 Å². The second kappa shape index (κ2) is 11.5. The fourth-order valence-corrected chi connectivity index (χ4v) is 4.94. The van der Waals surface area contributed by atoms with Crippen molar-refractivity contribution in [2.45, 2.75) is 39.2 Å². The van der Waals surface area contributed by atoms with E-state index in [1.165, 1.54) is 19.8 Å². The number of hydrogen-bond donors (Lipinski definition) is 0. The number of benzene rings is 2. The van der Waals surface area contributed by atoms with Crippen molar-refractivity contribution in [2.24, 2.45) is 0 Å². The summed E-state index contributed by atoms with van der Waals surface area (Å²) < 4.78 is 21.1. The van der Waals surface area contributed by atoms with Crippen LogP contribution in [0.5, 0.6) is 11.5 Å². The molecule has 1 aliphatic carbocycles. The van der Waals surface area contributed by atoms with Gasteiger partial charge in [0.05, 0.1) is 28.4 Å². The van der Waals surface area contributed by atoms with Gasteiger partial charge in [-0.25, -0.2) is 0 Å². The van der Waals surface area contributed by atoms with E-state index in [1.54, 1.807) is 21.1 Å². The Morgan fingerprint density at radius 3 is 2.00 bits per heavy atom. The number of aryl methyl sites for hydroxylation is 1. The smallest absolute Gasteiger partial charge is 0.228 e. The average Bonchev–Trinajstić information content (AvgIpc) is 2.95. The molecule has 0 spiro atoms. The van der Waals surface area contributed by atoms with Crippen molar-refractivity contribution in [2.75, 3.05) is 35.0 Å². The molecule has 4 rings (SSSR count). The minimum absolute atomic E-state index is 0.0603. The third kappa shape index (κ3) is 5.30. The SMILES string of the molecule is COC1=C(OC)C(=O)C(Cc2ccc(CCC(=O)N3CCc4cc(OC)c(OC)cc4C3)cc2)=C(C)C1=O. The van der Waals surface area contributed by atoms with Crippen LogP contribution in [0.3, 0.4) is 0 Å². The number of ketones is 2. The van der Waals surface area contributed by atoms with Crippen molar-refractivity contribution < 1.29 is 33.3 Å². The molecule has 38 heavy (non-hydrogen) atoms. The first-order valence-electron chi connectivity index (χ1n) is 12.5. The third-order valence-electron chi connectivity index (χ3n) is 7.20. The predicted molar refractivity (Wildman–Crippen MR) is 141 cm³/mol. The van der Waals surface area contributed by atoms with Gasteiger partial charge in [0.15, 0.2) is 11.5 Å². The Kier molecular flexibility index (Phi) is 8.20. The summed E-state index contributed by atoms with van der Waals surface area (Å²) in [5.41, 5.74) is 4.94. The van der Waals surface area contributed by atoms with Crippen LogP contribution >= 0.6 is 0 Å². The molecule has 2 aliphatic rings. The molecule has 0 unspecified atom stereocenters. The van der Waals surface area contributed by atoms with Gasteiger partial charge in [-0.15, -0.1) is 0 Å². The monoisotopic (exact) mass is 519 g/mol. The van der Waals surface area contributed by atoms with Crippen molar-refractivity contribution in [1.82, 2.24) is 4.90 Å². The van der Waals surface area contributed by atoms with Gasteiger partial charge in [0.1, 0.15) is 0 Å². The number of Topliss-reactive ketones (excluding diaryl/α,β-unsaturated/α-hetero) is 2. The van der Waals surface area contributed by atoms with E-state index in [9.17, 15) is 14.4 Å². The lowest BCUT2D eigenvalue weighted by Gasteiger charge is -2.29. The first-order valence-corrected chi connectivity index (χ1v) is 12.5. The molecule has 0 aromatic heterocycles. The number of allylic oxidation sites excluding steroid dienone is 2. The van der Waals surface area contributed by atoms with E-state index in [2.05, 4.69) is 0 Å². The molecule has 8 heteroatoms. The summed E-state index contributed by atoms with van der Waals surface area (Å²) in [6, 6.07) is 11.7. The highest BCUT2D eigenvalue weighted by molar-refractivity contribution is 6.23. The Hall–Kier alpha value is -4.07. The molecule has 8 nitrogen and oxygen atoms in total. The number of ether oxygens (including phenoxy) is 4. The van der Waals surface area contributed by atoms with Gasteiger partial charge in [-0.3, -0.25) is 14.4 Å². The Morgan fingerprint density at radius 2 is 1.39 bits per heavy atom. The number of fused-ring (bicyclic) bond motifs is 1. The molecule has 0 N–H and O–H groups in total. The van der Waals surface area contributed by atoms with Gasteiger partial charge in [0.2, 0.25) is 29.0 Å². The third-order valence-corrected chi connectivity index (χ3v) is 7.20. The van der Waals surface area contributed by atoms with Crippen LogP contribution in [0.2, 0.25) is 0 Å². The number of methoxy groups -OCH3 is 4. The van der Waals surface area contributed by atoms with Crippen LogP contribution in [-0.2, 0) is 49.7 Å². The van der Waals surface area contributed by atoms with Gasteiger partial charge in [0.25, 0.3) is 0 Å². The molecular weight excluding hydrogens is 486 g/mol. The zero-order chi connectivity index (χ0) is 27.4. The van der Waals surface area contributed by atoms with Gasteiger partial charge in [-0.05, 0) is 54.2 Å². The number of amides is 1. The summed E-state index contributed by atoms with van der Waals surface area (Å²) in [4.78, 5) is 40.4. The van der Waals surface area contributed by atoms with Crippen LogP contribution in [0.4, 0.5) is 0 Å². The number of carbonyl (C=O) groups excluding carboxylic acids is 3. The maximum atomic E-state index is 13.0. The molecule has 1 amide bonds. The number of nitrogens with zero attached hydrogens (tertiary/aromatic N) is 1. The van der Waals surface area contributed by atoms with E-state index < -0.39 is 0 Å². The maximum absolute atomic E-state index is 13.0. The second-order valence-corrected chi connectivity index (χ2v) is 9.36. The first-order chi connectivity index (χ1) is 18.3. The van der Waals surface area contributed by atoms with Gasteiger partial charge in [-0.1, -0.05) is 24.3 Å². The van der Waals surface area contributed by atoms with Gasteiger partial charge in [0, 0.05) is 37.1 Å². The van der Waals surface area contributed by atoms with Crippen LogP contribution in [-0.4, -0.2) is 57.4 Å². The van der Waals surface area contributed by atoms with E-state index in [0.717, 1.165) is 23.1 Å². The Balaban J connectivity index is 1.37. The summed E-state index contributed by atoms with van der Waals surface area (Å²) in [5.74, 6) is 0.674. The van der Waals surface area contributed by atoms with Crippen molar-refractivity contribution in [3.05, 3.63) is 81.3 Å². The standard InChI is InChI=1S/C30H33NO7/c1-18-23(28(34)30(38-5)29(37-4)27(18)33)14-20-8-6-19(7-9-20)10-11-26(32)31-13-12-21-15-24(35-2)25(36-3)16-22(21)17-31/h6-9,15-16H,10-14,17H2,1-5H3. The zero-order valence-electron chi connectivity index (χ0n) is 22.5. The Labute approximate surface area is 222 Å². The van der Waals surface area contributed by atoms with Crippen LogP contribution < -0.4 is 9.47 Å². The van der Waals surface area contributed by atoms with Crippen molar-refractivity contribution in [3.63, 3.8) is 0 Å². The van der Waals surface area contributed by atoms with E-state index >= 15 is 0 Å². The molecule has 0 saturated heterocycles. The molecule has 0 atom stereocenters. The largest absolute Gasteiger partial charge is 0.493 e. The zero-order valence-corrected chi connectivity index (χ0v) is 22.5. The Bertz CT molecular complexity index is 1320. The Morgan fingerprint density at radius 1 is 0.816 bits per heavy atom. The molecular formula is C30H33NO7. The summed E-state index contributed by atoms with van der Waals surface area (Å²) in [7, 11) is 5.93. The number of carbonyl (C=O) groups is 3. The highest BCUT2D eigenvalue weighted by Crippen LogP contribution is 2.33. The highest BCUT2D eigenvalue weighted by Gasteiger charge is 2.34. The predicted octanol–water partition coefficient (Wildman–Crippen LogP) is 3.74. The van der Waals surface area contributed by atoms with Gasteiger partial charge < -0.3 is 23.8 Å². The van der Waals surface area contributed by atoms with E-state index in [1.807, 2.05) is 41.3 Å². The van der Waals surface area contributed by atoms with E-state index in [4.69, 9.17) is 18.9 Å². The van der Waals surface area contributed by atoms with Gasteiger partial charge >= 0.3 is 0 Å². The minimum atomic E-state index is -0.341. The average molecular weight is 520 g/mol. The molecule has 2 aromatic carbocycles. The van der Waals surface area contributed by atoms with E-state index in [-0.39, 0.29) is 29.0 Å². The molecule has 200 valence electrons. The van der Waals surface area contributed by atoms with Crippen molar-refractivity contribution in [3.8, 4) is 11.5 Å². The molecule has 0 bridgehead atoms. The maximum Gasteiger partial charge on any atom is 0.228 e. The molecule has 1 aliphatic heterocycles. The molecule has 0 fully saturated rings.